The van der Waals surface area contributed by atoms with E-state index >= 15 is 0 Å². The second-order valence-electron chi connectivity index (χ2n) is 11.1. The van der Waals surface area contributed by atoms with Gasteiger partial charge in [-0.25, -0.2) is 14.6 Å². The van der Waals surface area contributed by atoms with Crippen LogP contribution in [0.2, 0.25) is 0 Å². The van der Waals surface area contributed by atoms with E-state index in [4.69, 9.17) is 23.9 Å². The number of carbonyl (C=O) groups excluding carboxylic acids is 2. The first-order chi connectivity index (χ1) is 20.7. The highest BCUT2D eigenvalue weighted by atomic mass is 16.5. The first-order valence-corrected chi connectivity index (χ1v) is 14.0. The maximum atomic E-state index is 13.2. The second kappa shape index (κ2) is 10.7. The number of hydrogen-bond donors (Lipinski definition) is 1. The number of carbonyl (C=O) groups is 2. The summed E-state index contributed by atoms with van der Waals surface area (Å²) in [5, 5.41) is 4.95. The van der Waals surface area contributed by atoms with Crippen molar-refractivity contribution in [2.45, 2.75) is 38.0 Å². The van der Waals surface area contributed by atoms with Crippen LogP contribution in [-0.2, 0) is 14.9 Å². The Morgan fingerprint density at radius 3 is 2.49 bits per heavy atom. The van der Waals surface area contributed by atoms with Crippen molar-refractivity contribution in [1.82, 2.24) is 0 Å². The van der Waals surface area contributed by atoms with Crippen molar-refractivity contribution >= 4 is 39.8 Å². The van der Waals surface area contributed by atoms with Crippen LogP contribution < -0.4 is 14.8 Å². The third-order valence-electron chi connectivity index (χ3n) is 8.20. The SMILES string of the molecule is C=CCOC(=O)c1cc2c3c(ccc2cc1OC(=O)c1ccccc1)OC1(Nc2ccccc2C1(C)C)C(C(C)OC)=N3. The van der Waals surface area contributed by atoms with Gasteiger partial charge in [-0.05, 0) is 68.1 Å². The molecule has 2 unspecified atom stereocenters. The lowest BCUT2D eigenvalue weighted by molar-refractivity contribution is 0.0543. The molecular weight excluding hydrogens is 544 g/mol. The van der Waals surface area contributed by atoms with Crippen molar-refractivity contribution in [2.24, 2.45) is 4.99 Å². The molecule has 1 spiro atoms. The van der Waals surface area contributed by atoms with Crippen LogP contribution in [0, 0.1) is 0 Å². The van der Waals surface area contributed by atoms with Gasteiger partial charge in [0.2, 0.25) is 5.72 Å². The molecular formula is C35H32N2O6. The molecule has 0 amide bonds. The molecule has 1 N–H and O–H groups in total. The number of fused-ring (bicyclic) bond motifs is 4. The highest BCUT2D eigenvalue weighted by molar-refractivity contribution is 6.10. The van der Waals surface area contributed by atoms with E-state index in [0.29, 0.717) is 33.5 Å². The highest BCUT2D eigenvalue weighted by Crippen LogP contribution is 2.54. The third kappa shape index (κ3) is 4.55. The minimum atomic E-state index is -1.02. The number of nitrogens with zero attached hydrogens (tertiary/aromatic N) is 1. The number of esters is 2. The monoisotopic (exact) mass is 576 g/mol. The highest BCUT2D eigenvalue weighted by Gasteiger charge is 2.60. The number of ether oxygens (including phenoxy) is 4. The third-order valence-corrected chi connectivity index (χ3v) is 8.20. The van der Waals surface area contributed by atoms with Gasteiger partial charge in [-0.1, -0.05) is 55.1 Å². The van der Waals surface area contributed by atoms with E-state index in [0.717, 1.165) is 11.3 Å². The lowest BCUT2D eigenvalue weighted by atomic mass is 9.74. The molecule has 0 radical (unpaired) electrons. The molecule has 0 aromatic heterocycles. The molecule has 4 aromatic rings. The Balaban J connectivity index is 1.51. The molecule has 2 atom stereocenters. The summed E-state index contributed by atoms with van der Waals surface area (Å²) in [5.41, 5.74) is 2.15. The fourth-order valence-corrected chi connectivity index (χ4v) is 5.82. The van der Waals surface area contributed by atoms with Crippen molar-refractivity contribution in [3.8, 4) is 11.5 Å². The molecule has 0 fully saturated rings. The largest absolute Gasteiger partial charge is 0.459 e. The van der Waals surface area contributed by atoms with E-state index in [1.54, 1.807) is 49.6 Å². The first kappa shape index (κ1) is 28.2. The smallest absolute Gasteiger partial charge is 0.343 e. The zero-order chi connectivity index (χ0) is 30.4. The van der Waals surface area contributed by atoms with Gasteiger partial charge in [0, 0.05) is 18.2 Å². The van der Waals surface area contributed by atoms with Crippen LogP contribution >= 0.6 is 0 Å². The molecule has 6 rings (SSSR count). The molecule has 2 aliphatic heterocycles. The molecule has 0 saturated heterocycles. The van der Waals surface area contributed by atoms with Gasteiger partial charge in [0.1, 0.15) is 35.1 Å². The van der Waals surface area contributed by atoms with Crippen molar-refractivity contribution in [3.05, 3.63) is 108 Å². The zero-order valence-electron chi connectivity index (χ0n) is 24.5. The quantitative estimate of drug-likeness (QED) is 0.144. The van der Waals surface area contributed by atoms with Crippen LogP contribution in [0.4, 0.5) is 11.4 Å². The van der Waals surface area contributed by atoms with Gasteiger partial charge in [0.25, 0.3) is 0 Å². The van der Waals surface area contributed by atoms with E-state index in [1.807, 2.05) is 37.3 Å². The first-order valence-electron chi connectivity index (χ1n) is 14.0. The van der Waals surface area contributed by atoms with Gasteiger partial charge >= 0.3 is 11.9 Å². The molecule has 43 heavy (non-hydrogen) atoms. The average molecular weight is 577 g/mol. The minimum absolute atomic E-state index is 0.00354. The van der Waals surface area contributed by atoms with Gasteiger partial charge in [-0.3, -0.25) is 0 Å². The number of methoxy groups -OCH3 is 1. The maximum Gasteiger partial charge on any atom is 0.343 e. The number of aliphatic imine (C=N–C) groups is 1. The predicted molar refractivity (Wildman–Crippen MR) is 166 cm³/mol. The Labute approximate surface area is 249 Å². The Morgan fingerprint density at radius 1 is 1.02 bits per heavy atom. The molecule has 2 aliphatic rings. The number of rotatable bonds is 7. The Kier molecular flexibility index (Phi) is 7.02. The number of benzene rings is 4. The number of para-hydroxylation sites is 1. The lowest BCUT2D eigenvalue weighted by Crippen LogP contribution is -2.63. The summed E-state index contributed by atoms with van der Waals surface area (Å²) in [5.74, 6) is -0.643. The van der Waals surface area contributed by atoms with E-state index < -0.39 is 29.2 Å². The number of anilines is 1. The van der Waals surface area contributed by atoms with Crippen LogP contribution in [0.5, 0.6) is 11.5 Å². The Hall–Kier alpha value is -4.95. The van der Waals surface area contributed by atoms with E-state index in [-0.39, 0.29) is 17.9 Å². The summed E-state index contributed by atoms with van der Waals surface area (Å²) in [6.07, 6.45) is 1.06. The van der Waals surface area contributed by atoms with Gasteiger partial charge in [-0.2, -0.15) is 0 Å². The summed E-state index contributed by atoms with van der Waals surface area (Å²) in [4.78, 5) is 31.4. The van der Waals surface area contributed by atoms with Gasteiger partial charge in [0.15, 0.2) is 0 Å². The minimum Gasteiger partial charge on any atom is -0.459 e. The fourth-order valence-electron chi connectivity index (χ4n) is 5.82. The van der Waals surface area contributed by atoms with Crippen molar-refractivity contribution in [2.75, 3.05) is 19.0 Å². The molecule has 0 saturated carbocycles. The standard InChI is InChI=1S/C35H32N2O6/c1-6-18-41-33(39)25-20-24-23(19-29(25)42-32(38)22-12-8-7-9-13-22)16-17-28-30(24)36-31(21(2)40-5)35(43-28)34(3,4)26-14-10-11-15-27(26)37-35/h6-17,19-21,37H,1,18H2,2-5H3. The lowest BCUT2D eigenvalue weighted by Gasteiger charge is -2.45. The maximum absolute atomic E-state index is 13.2. The van der Waals surface area contributed by atoms with Gasteiger partial charge in [0.05, 0.1) is 17.1 Å². The van der Waals surface area contributed by atoms with Crippen LogP contribution in [0.25, 0.3) is 10.8 Å². The second-order valence-corrected chi connectivity index (χ2v) is 11.1. The topological polar surface area (TPSA) is 95.5 Å². The predicted octanol–water partition coefficient (Wildman–Crippen LogP) is 7.00. The molecule has 8 heteroatoms. The number of nitrogens with one attached hydrogen (secondary N) is 1. The van der Waals surface area contributed by atoms with Crippen LogP contribution in [0.15, 0.2) is 96.5 Å². The van der Waals surface area contributed by atoms with Crippen LogP contribution in [0.1, 0.15) is 47.1 Å². The number of hydrogen-bond acceptors (Lipinski definition) is 8. The summed E-state index contributed by atoms with van der Waals surface area (Å²) in [6.45, 7) is 9.79. The summed E-state index contributed by atoms with van der Waals surface area (Å²) < 4.78 is 23.8. The Bertz CT molecular complexity index is 1800. The van der Waals surface area contributed by atoms with Crippen LogP contribution in [0.3, 0.4) is 0 Å². The van der Waals surface area contributed by atoms with Gasteiger partial charge < -0.3 is 24.3 Å². The van der Waals surface area contributed by atoms with Crippen molar-refractivity contribution < 1.29 is 28.5 Å². The van der Waals surface area contributed by atoms with Crippen molar-refractivity contribution in [3.63, 3.8) is 0 Å². The normalized spacial score (nSPS) is 18.5. The van der Waals surface area contributed by atoms with Gasteiger partial charge in [-0.15, -0.1) is 0 Å². The van der Waals surface area contributed by atoms with E-state index in [1.165, 1.54) is 6.08 Å². The molecule has 8 nitrogen and oxygen atoms in total. The molecule has 0 aliphatic carbocycles. The molecule has 2 heterocycles. The summed E-state index contributed by atoms with van der Waals surface area (Å²) in [6, 6.07) is 23.7. The average Bonchev–Trinajstić information content (AvgIpc) is 3.24. The fraction of sp³-hybridized carbons (Fsp3) is 0.229. The molecule has 4 aromatic carbocycles. The summed E-state index contributed by atoms with van der Waals surface area (Å²) in [7, 11) is 1.63. The summed E-state index contributed by atoms with van der Waals surface area (Å²) >= 11 is 0. The van der Waals surface area contributed by atoms with Crippen molar-refractivity contribution in [1.29, 1.82) is 0 Å². The zero-order valence-corrected chi connectivity index (χ0v) is 24.5. The molecule has 218 valence electrons. The van der Waals surface area contributed by atoms with E-state index in [2.05, 4.69) is 31.8 Å². The Morgan fingerprint density at radius 2 is 1.77 bits per heavy atom. The molecule has 0 bridgehead atoms. The van der Waals surface area contributed by atoms with E-state index in [9.17, 15) is 9.59 Å². The van der Waals surface area contributed by atoms with Crippen LogP contribution in [-0.4, -0.2) is 43.2 Å².